The van der Waals surface area contributed by atoms with E-state index >= 15 is 0 Å². The Morgan fingerprint density at radius 1 is 1.33 bits per heavy atom. The number of hydrogen-bond donors (Lipinski definition) is 3. The van der Waals surface area contributed by atoms with Crippen LogP contribution in [-0.4, -0.2) is 54.2 Å². The second-order valence-electron chi connectivity index (χ2n) is 5.54. The Bertz CT molecular complexity index is 290. The first-order valence-corrected chi connectivity index (χ1v) is 6.07. The number of nitrogens with zero attached hydrogens (tertiary/aromatic N) is 1. The summed E-state index contributed by atoms with van der Waals surface area (Å²) in [7, 11) is 3.87. The molecule has 0 aliphatic carbocycles. The van der Waals surface area contributed by atoms with Crippen LogP contribution in [0.2, 0.25) is 0 Å². The lowest BCUT2D eigenvalue weighted by molar-refractivity contribution is -0.137. The van der Waals surface area contributed by atoms with Crippen molar-refractivity contribution in [3.8, 4) is 0 Å². The molecular weight excluding hydrogens is 234 g/mol. The van der Waals surface area contributed by atoms with Gasteiger partial charge in [-0.25, -0.2) is 4.79 Å². The zero-order chi connectivity index (χ0) is 14.3. The summed E-state index contributed by atoms with van der Waals surface area (Å²) in [5.41, 5.74) is -0.527. The van der Waals surface area contributed by atoms with E-state index in [9.17, 15) is 9.59 Å². The third kappa shape index (κ3) is 8.81. The number of carboxylic acids is 1. The Morgan fingerprint density at radius 3 is 2.33 bits per heavy atom. The number of hydrogen-bond acceptors (Lipinski definition) is 3. The molecule has 0 heterocycles. The van der Waals surface area contributed by atoms with Gasteiger partial charge in [0.15, 0.2) is 0 Å². The minimum absolute atomic E-state index is 0.0373. The Kier molecular flexibility index (Phi) is 6.68. The molecular formula is C12H25N3O3. The maximum atomic E-state index is 11.7. The fraction of sp³-hybridized carbons (Fsp3) is 0.833. The van der Waals surface area contributed by atoms with Crippen molar-refractivity contribution in [1.29, 1.82) is 0 Å². The molecule has 0 aliphatic heterocycles. The fourth-order valence-corrected chi connectivity index (χ4v) is 1.64. The van der Waals surface area contributed by atoms with Crippen LogP contribution in [0.5, 0.6) is 0 Å². The van der Waals surface area contributed by atoms with Gasteiger partial charge in [-0.15, -0.1) is 0 Å². The van der Waals surface area contributed by atoms with Crippen molar-refractivity contribution >= 4 is 12.0 Å². The van der Waals surface area contributed by atoms with Gasteiger partial charge >= 0.3 is 12.0 Å². The average molecular weight is 259 g/mol. The number of amides is 2. The van der Waals surface area contributed by atoms with Crippen molar-refractivity contribution < 1.29 is 14.7 Å². The topological polar surface area (TPSA) is 81.7 Å². The van der Waals surface area contributed by atoms with E-state index in [2.05, 4.69) is 10.6 Å². The van der Waals surface area contributed by atoms with Gasteiger partial charge in [0.05, 0.1) is 0 Å². The lowest BCUT2D eigenvalue weighted by atomic mass is 9.99. The zero-order valence-electron chi connectivity index (χ0n) is 11.9. The summed E-state index contributed by atoms with van der Waals surface area (Å²) in [6, 6.07) is -0.227. The maximum absolute atomic E-state index is 11.7. The Morgan fingerprint density at radius 2 is 1.89 bits per heavy atom. The highest BCUT2D eigenvalue weighted by Crippen LogP contribution is 2.10. The summed E-state index contributed by atoms with van der Waals surface area (Å²) < 4.78 is 0. The highest BCUT2D eigenvalue weighted by Gasteiger charge is 2.22. The molecule has 0 fully saturated rings. The lowest BCUT2D eigenvalue weighted by Crippen LogP contribution is -2.52. The summed E-state index contributed by atoms with van der Waals surface area (Å²) in [6.45, 7) is 6.30. The molecule has 0 rings (SSSR count). The van der Waals surface area contributed by atoms with Crippen LogP contribution in [-0.2, 0) is 4.79 Å². The van der Waals surface area contributed by atoms with Crippen molar-refractivity contribution in [3.63, 3.8) is 0 Å². The van der Waals surface area contributed by atoms with Crippen LogP contribution in [0.25, 0.3) is 0 Å². The molecule has 1 unspecified atom stereocenters. The van der Waals surface area contributed by atoms with Gasteiger partial charge in [-0.1, -0.05) is 0 Å². The summed E-state index contributed by atoms with van der Waals surface area (Å²) >= 11 is 0. The van der Waals surface area contributed by atoms with Crippen molar-refractivity contribution in [2.75, 3.05) is 20.6 Å². The van der Waals surface area contributed by atoms with Crippen molar-refractivity contribution in [2.24, 2.45) is 0 Å². The molecule has 0 aromatic carbocycles. The summed E-state index contributed by atoms with van der Waals surface area (Å²) in [4.78, 5) is 24.2. The van der Waals surface area contributed by atoms with Crippen LogP contribution in [0.1, 0.15) is 33.6 Å². The number of aliphatic carboxylic acids is 1. The van der Waals surface area contributed by atoms with E-state index in [0.29, 0.717) is 6.42 Å². The van der Waals surface area contributed by atoms with Crippen LogP contribution in [0.4, 0.5) is 4.79 Å². The second kappa shape index (κ2) is 7.20. The van der Waals surface area contributed by atoms with Gasteiger partial charge in [0.2, 0.25) is 0 Å². The van der Waals surface area contributed by atoms with E-state index in [1.54, 1.807) is 0 Å². The summed E-state index contributed by atoms with van der Waals surface area (Å²) in [5.74, 6) is -0.855. The molecule has 0 saturated carbocycles. The van der Waals surface area contributed by atoms with E-state index in [4.69, 9.17) is 5.11 Å². The first-order chi connectivity index (χ1) is 8.12. The van der Waals surface area contributed by atoms with E-state index in [1.165, 1.54) is 0 Å². The van der Waals surface area contributed by atoms with Crippen LogP contribution in [0, 0.1) is 0 Å². The van der Waals surface area contributed by atoms with Crippen LogP contribution >= 0.6 is 0 Å². The molecule has 2 amide bonds. The molecule has 0 bridgehead atoms. The Hall–Kier alpha value is -1.30. The smallest absolute Gasteiger partial charge is 0.315 e. The van der Waals surface area contributed by atoms with Crippen molar-refractivity contribution in [2.45, 2.75) is 45.2 Å². The van der Waals surface area contributed by atoms with Gasteiger partial charge in [0, 0.05) is 24.5 Å². The minimum atomic E-state index is -0.855. The molecule has 106 valence electrons. The number of rotatable bonds is 7. The second-order valence-corrected chi connectivity index (χ2v) is 5.54. The highest BCUT2D eigenvalue weighted by atomic mass is 16.4. The van der Waals surface area contributed by atoms with Gasteiger partial charge in [-0.05, 0) is 41.3 Å². The largest absolute Gasteiger partial charge is 0.481 e. The van der Waals surface area contributed by atoms with E-state index in [-0.39, 0.29) is 18.5 Å². The molecule has 18 heavy (non-hydrogen) atoms. The molecule has 6 nitrogen and oxygen atoms in total. The quantitative estimate of drug-likeness (QED) is 0.634. The van der Waals surface area contributed by atoms with E-state index < -0.39 is 11.5 Å². The molecule has 3 N–H and O–H groups in total. The molecule has 1 atom stereocenters. The minimum Gasteiger partial charge on any atom is -0.481 e. The SMILES string of the molecule is CC(CN(C)C)NC(=O)NC(C)(C)CCC(=O)O. The van der Waals surface area contributed by atoms with Gasteiger partial charge in [-0.3, -0.25) is 4.79 Å². The van der Waals surface area contributed by atoms with Gasteiger partial charge in [-0.2, -0.15) is 0 Å². The van der Waals surface area contributed by atoms with Crippen LogP contribution in [0.3, 0.4) is 0 Å². The number of carboxylic acid groups (broad SMARTS) is 1. The first kappa shape index (κ1) is 16.7. The number of urea groups is 1. The number of carbonyl (C=O) groups is 2. The standard InChI is InChI=1S/C12H25N3O3/c1-9(8-15(4)5)13-11(18)14-12(2,3)7-6-10(16)17/h9H,6-8H2,1-5H3,(H,16,17)(H2,13,14,18). The van der Waals surface area contributed by atoms with Crippen molar-refractivity contribution in [1.82, 2.24) is 15.5 Å². The summed E-state index contributed by atoms with van der Waals surface area (Å²) in [5, 5.41) is 14.2. The molecule has 0 radical (unpaired) electrons. The molecule has 0 aromatic heterocycles. The molecule has 6 heteroatoms. The Balaban J connectivity index is 4.09. The fourth-order valence-electron chi connectivity index (χ4n) is 1.64. The highest BCUT2D eigenvalue weighted by molar-refractivity contribution is 5.75. The number of nitrogens with one attached hydrogen (secondary N) is 2. The third-order valence-electron chi connectivity index (χ3n) is 2.43. The average Bonchev–Trinajstić information content (AvgIpc) is 2.11. The van der Waals surface area contributed by atoms with E-state index in [0.717, 1.165) is 6.54 Å². The monoisotopic (exact) mass is 259 g/mol. The molecule has 0 aliphatic rings. The predicted octanol–water partition coefficient (Wildman–Crippen LogP) is 0.879. The van der Waals surface area contributed by atoms with Gasteiger partial charge in [0.25, 0.3) is 0 Å². The Labute approximate surface area is 109 Å². The first-order valence-electron chi connectivity index (χ1n) is 6.07. The number of carbonyl (C=O) groups excluding carboxylic acids is 1. The van der Waals surface area contributed by atoms with Gasteiger partial charge < -0.3 is 20.6 Å². The zero-order valence-corrected chi connectivity index (χ0v) is 11.9. The molecule has 0 saturated heterocycles. The molecule has 0 spiro atoms. The number of likely N-dealkylation sites (N-methyl/N-ethyl adjacent to an activating group) is 1. The summed E-state index contributed by atoms with van der Waals surface area (Å²) in [6.07, 6.45) is 0.443. The lowest BCUT2D eigenvalue weighted by Gasteiger charge is -2.27. The third-order valence-corrected chi connectivity index (χ3v) is 2.43. The van der Waals surface area contributed by atoms with E-state index in [1.807, 2.05) is 39.8 Å². The normalized spacial score (nSPS) is 13.2. The van der Waals surface area contributed by atoms with Crippen LogP contribution < -0.4 is 10.6 Å². The molecule has 0 aromatic rings. The predicted molar refractivity (Wildman–Crippen MR) is 70.6 cm³/mol. The van der Waals surface area contributed by atoms with Crippen molar-refractivity contribution in [3.05, 3.63) is 0 Å². The van der Waals surface area contributed by atoms with Gasteiger partial charge in [0.1, 0.15) is 0 Å². The van der Waals surface area contributed by atoms with Crippen LogP contribution in [0.15, 0.2) is 0 Å². The maximum Gasteiger partial charge on any atom is 0.315 e.